The molecule has 5 rings (SSSR count). The number of amides is 1. The highest BCUT2D eigenvalue weighted by Gasteiger charge is 2.41. The number of carbonyl (C=O) groups is 1. The molecule has 0 radical (unpaired) electrons. The molecule has 142 valence electrons. The number of benzene rings is 1. The molecule has 2 atom stereocenters. The maximum atomic E-state index is 12.7. The van der Waals surface area contributed by atoms with E-state index in [1.165, 1.54) is 0 Å². The Morgan fingerprint density at radius 2 is 1.89 bits per heavy atom. The van der Waals surface area contributed by atoms with Gasteiger partial charge in [-0.25, -0.2) is 0 Å². The Morgan fingerprint density at radius 1 is 1.04 bits per heavy atom. The number of para-hydroxylation sites is 1. The number of carbonyl (C=O) groups excluding carboxylic acids is 1. The second kappa shape index (κ2) is 6.70. The summed E-state index contributed by atoms with van der Waals surface area (Å²) in [6, 6.07) is 13.4. The van der Waals surface area contributed by atoms with Crippen molar-refractivity contribution in [1.82, 2.24) is 25.0 Å². The minimum absolute atomic E-state index is 0.220. The van der Waals surface area contributed by atoms with Gasteiger partial charge in [-0.15, -0.1) is 15.3 Å². The summed E-state index contributed by atoms with van der Waals surface area (Å²) >= 11 is 0. The number of rotatable bonds is 3. The van der Waals surface area contributed by atoms with Crippen molar-refractivity contribution in [2.45, 2.75) is 25.8 Å². The number of nitrogens with zero attached hydrogens (tertiary/aromatic N) is 6. The second-order valence-corrected chi connectivity index (χ2v) is 7.45. The first-order valence-electron chi connectivity index (χ1n) is 9.54. The molecular formula is C20H21N7O. The van der Waals surface area contributed by atoms with E-state index in [0.29, 0.717) is 11.7 Å². The van der Waals surface area contributed by atoms with Crippen LogP contribution in [0, 0.1) is 12.8 Å². The molecule has 0 spiro atoms. The first-order chi connectivity index (χ1) is 13.7. The van der Waals surface area contributed by atoms with Gasteiger partial charge in [0.15, 0.2) is 5.82 Å². The summed E-state index contributed by atoms with van der Waals surface area (Å²) in [7, 11) is 0. The van der Waals surface area contributed by atoms with Crippen LogP contribution in [0.4, 0.5) is 11.5 Å². The molecule has 1 fully saturated rings. The molecule has 3 aromatic rings. The van der Waals surface area contributed by atoms with E-state index in [-0.39, 0.29) is 11.8 Å². The maximum Gasteiger partial charge on any atom is 0.293 e. The molecule has 1 saturated heterocycles. The summed E-state index contributed by atoms with van der Waals surface area (Å²) in [5.74, 6) is 2.70. The first kappa shape index (κ1) is 16.9. The number of fused-ring (bicyclic) bond motifs is 3. The maximum absolute atomic E-state index is 12.7. The highest BCUT2D eigenvalue weighted by molar-refractivity contribution is 6.01. The molecular weight excluding hydrogens is 354 g/mol. The van der Waals surface area contributed by atoms with Gasteiger partial charge < -0.3 is 14.8 Å². The molecule has 0 bridgehead atoms. The Balaban J connectivity index is 1.37. The second-order valence-electron chi connectivity index (χ2n) is 7.45. The third kappa shape index (κ3) is 2.90. The number of nitrogens with one attached hydrogen (secondary N) is 1. The molecule has 2 aliphatic heterocycles. The smallest absolute Gasteiger partial charge is 0.293 e. The number of hydrogen-bond acceptors (Lipinski definition) is 6. The lowest BCUT2D eigenvalue weighted by Crippen LogP contribution is -2.27. The fourth-order valence-corrected chi connectivity index (χ4v) is 4.19. The SMILES string of the molecule is Cc1ccc(N2C[C@H]3CCn4c(C(=O)Nc5ccccc5)nnc4[C@@H]3C2)nn1. The van der Waals surface area contributed by atoms with Crippen molar-refractivity contribution in [3.8, 4) is 0 Å². The lowest BCUT2D eigenvalue weighted by Gasteiger charge is -2.24. The van der Waals surface area contributed by atoms with Crippen LogP contribution in [0.2, 0.25) is 0 Å². The lowest BCUT2D eigenvalue weighted by molar-refractivity contribution is 0.101. The standard InChI is InChI=1S/C20H21N7O/c1-13-7-8-17(23-22-13)26-11-14-9-10-27-18(16(14)12-26)24-25-19(27)20(28)21-15-5-3-2-4-6-15/h2-8,14,16H,9-12H2,1H3,(H,21,28)/t14-,16-/m1/s1. The Bertz CT molecular complexity index is 999. The Kier molecular flexibility index (Phi) is 4.03. The highest BCUT2D eigenvalue weighted by atomic mass is 16.2. The zero-order valence-corrected chi connectivity index (χ0v) is 15.6. The van der Waals surface area contributed by atoms with Crippen LogP contribution >= 0.6 is 0 Å². The Morgan fingerprint density at radius 3 is 2.68 bits per heavy atom. The molecule has 0 aliphatic carbocycles. The van der Waals surface area contributed by atoms with E-state index in [4.69, 9.17) is 0 Å². The zero-order chi connectivity index (χ0) is 19.1. The number of anilines is 2. The van der Waals surface area contributed by atoms with Gasteiger partial charge in [0, 0.05) is 31.2 Å². The van der Waals surface area contributed by atoms with Gasteiger partial charge in [0.25, 0.3) is 5.91 Å². The van der Waals surface area contributed by atoms with Crippen LogP contribution in [-0.2, 0) is 6.54 Å². The predicted octanol–water partition coefficient (Wildman–Crippen LogP) is 2.25. The third-order valence-electron chi connectivity index (χ3n) is 5.62. The van der Waals surface area contributed by atoms with Crippen LogP contribution in [0.15, 0.2) is 42.5 Å². The van der Waals surface area contributed by atoms with Crippen molar-refractivity contribution in [2.24, 2.45) is 5.92 Å². The normalized spacial score (nSPS) is 20.5. The monoisotopic (exact) mass is 375 g/mol. The summed E-state index contributed by atoms with van der Waals surface area (Å²) in [4.78, 5) is 15.0. The summed E-state index contributed by atoms with van der Waals surface area (Å²) in [5.41, 5.74) is 1.66. The molecule has 1 aromatic carbocycles. The van der Waals surface area contributed by atoms with Crippen LogP contribution in [0.1, 0.15) is 34.5 Å². The highest BCUT2D eigenvalue weighted by Crippen LogP contribution is 2.39. The van der Waals surface area contributed by atoms with Crippen molar-refractivity contribution in [1.29, 1.82) is 0 Å². The number of hydrogen-bond donors (Lipinski definition) is 1. The molecule has 0 unspecified atom stereocenters. The van der Waals surface area contributed by atoms with Crippen LogP contribution in [-0.4, -0.2) is 44.0 Å². The topological polar surface area (TPSA) is 88.8 Å². The lowest BCUT2D eigenvalue weighted by atomic mass is 9.89. The van der Waals surface area contributed by atoms with Gasteiger partial charge >= 0.3 is 0 Å². The van der Waals surface area contributed by atoms with E-state index in [9.17, 15) is 4.79 Å². The van der Waals surface area contributed by atoms with Crippen LogP contribution in [0.5, 0.6) is 0 Å². The van der Waals surface area contributed by atoms with Crippen molar-refractivity contribution in [3.05, 3.63) is 59.8 Å². The molecule has 0 saturated carbocycles. The van der Waals surface area contributed by atoms with Crippen LogP contribution in [0.25, 0.3) is 0 Å². The van der Waals surface area contributed by atoms with Crippen LogP contribution in [0.3, 0.4) is 0 Å². The van der Waals surface area contributed by atoms with Gasteiger partial charge in [-0.1, -0.05) is 18.2 Å². The Labute approximate surface area is 162 Å². The minimum Gasteiger partial charge on any atom is -0.354 e. The molecule has 8 nitrogen and oxygen atoms in total. The molecule has 1 N–H and O–H groups in total. The summed E-state index contributed by atoms with van der Waals surface area (Å²) < 4.78 is 1.98. The quantitative estimate of drug-likeness (QED) is 0.755. The van der Waals surface area contributed by atoms with Crippen molar-refractivity contribution in [3.63, 3.8) is 0 Å². The minimum atomic E-state index is -0.220. The zero-order valence-electron chi connectivity index (χ0n) is 15.6. The van der Waals surface area contributed by atoms with E-state index in [2.05, 4.69) is 30.6 Å². The van der Waals surface area contributed by atoms with E-state index in [0.717, 1.165) is 49.1 Å². The molecule has 8 heteroatoms. The average Bonchev–Trinajstić information content (AvgIpc) is 3.33. The molecule has 2 aromatic heterocycles. The average molecular weight is 375 g/mol. The van der Waals surface area contributed by atoms with Gasteiger partial charge in [-0.05, 0) is 43.5 Å². The summed E-state index contributed by atoms with van der Waals surface area (Å²) in [6.45, 7) is 4.45. The van der Waals surface area contributed by atoms with Gasteiger partial charge in [0.05, 0.1) is 5.69 Å². The van der Waals surface area contributed by atoms with Gasteiger partial charge in [-0.3, -0.25) is 4.79 Å². The van der Waals surface area contributed by atoms with Crippen molar-refractivity contribution >= 4 is 17.4 Å². The van der Waals surface area contributed by atoms with Crippen LogP contribution < -0.4 is 10.2 Å². The van der Waals surface area contributed by atoms with Crippen molar-refractivity contribution < 1.29 is 4.79 Å². The molecule has 28 heavy (non-hydrogen) atoms. The van der Waals surface area contributed by atoms with E-state index < -0.39 is 0 Å². The summed E-state index contributed by atoms with van der Waals surface area (Å²) in [5, 5.41) is 20.0. The van der Waals surface area contributed by atoms with E-state index >= 15 is 0 Å². The molecule has 1 amide bonds. The predicted molar refractivity (Wildman–Crippen MR) is 104 cm³/mol. The fourth-order valence-electron chi connectivity index (χ4n) is 4.19. The number of aromatic nitrogens is 5. The van der Waals surface area contributed by atoms with Gasteiger partial charge in [0.1, 0.15) is 5.82 Å². The summed E-state index contributed by atoms with van der Waals surface area (Å²) in [6.07, 6.45) is 0.997. The molecule has 4 heterocycles. The third-order valence-corrected chi connectivity index (χ3v) is 5.62. The Hall–Kier alpha value is -3.29. The van der Waals surface area contributed by atoms with Gasteiger partial charge in [0.2, 0.25) is 5.82 Å². The van der Waals surface area contributed by atoms with Gasteiger partial charge in [-0.2, -0.15) is 5.10 Å². The van der Waals surface area contributed by atoms with E-state index in [1.54, 1.807) is 0 Å². The fraction of sp³-hybridized carbons (Fsp3) is 0.350. The molecule has 2 aliphatic rings. The van der Waals surface area contributed by atoms with Crippen molar-refractivity contribution in [2.75, 3.05) is 23.3 Å². The first-order valence-corrected chi connectivity index (χ1v) is 9.54. The largest absolute Gasteiger partial charge is 0.354 e. The van der Waals surface area contributed by atoms with E-state index in [1.807, 2.05) is 54.0 Å². The number of aryl methyl sites for hydroxylation is 1.